The molecule has 0 bridgehead atoms. The summed E-state index contributed by atoms with van der Waals surface area (Å²) in [6.45, 7) is 2.65. The van der Waals surface area contributed by atoms with Gasteiger partial charge in [-0.1, -0.05) is 18.2 Å². The molecule has 3 rings (SSSR count). The number of halogens is 1. The number of ketones is 1. The number of hydrogen-bond acceptors (Lipinski definition) is 3. The van der Waals surface area contributed by atoms with E-state index >= 15 is 0 Å². The number of hydrogen-bond donors (Lipinski definition) is 0. The molecule has 0 fully saturated rings. The lowest BCUT2D eigenvalue weighted by atomic mass is 10.1. The fraction of sp³-hybridized carbons (Fsp3) is 0.286. The Morgan fingerprint density at radius 1 is 1.08 bits per heavy atom. The molecule has 0 saturated heterocycles. The zero-order valence-electron chi connectivity index (χ0n) is 14.2. The first-order chi connectivity index (χ1) is 12.2. The van der Waals surface area contributed by atoms with Crippen molar-refractivity contribution in [3.63, 3.8) is 0 Å². The van der Waals surface area contributed by atoms with E-state index in [1.54, 1.807) is 12.1 Å². The number of carbonyl (C=O) groups is 1. The number of carbonyl (C=O) groups excluding carboxylic acids is 1. The quantitative estimate of drug-likeness (QED) is 0.698. The monoisotopic (exact) mass is 339 g/mol. The summed E-state index contributed by atoms with van der Waals surface area (Å²) in [4.78, 5) is 14.4. The molecule has 130 valence electrons. The molecule has 1 aliphatic rings. The summed E-state index contributed by atoms with van der Waals surface area (Å²) in [5.74, 6) is 1.63. The van der Waals surface area contributed by atoms with Crippen molar-refractivity contribution in [2.75, 3.05) is 19.6 Å². The van der Waals surface area contributed by atoms with Crippen molar-refractivity contribution >= 4 is 5.78 Å². The second kappa shape index (κ2) is 8.58. The highest BCUT2D eigenvalue weighted by molar-refractivity contribution is 5.95. The van der Waals surface area contributed by atoms with Crippen LogP contribution in [0.2, 0.25) is 0 Å². The lowest BCUT2D eigenvalue weighted by molar-refractivity contribution is 0.0974. The molecule has 2 aromatic rings. The van der Waals surface area contributed by atoms with Crippen molar-refractivity contribution < 1.29 is 13.9 Å². The lowest BCUT2D eigenvalue weighted by Gasteiger charge is -2.26. The number of nitrogens with zero attached hydrogens (tertiary/aromatic N) is 1. The van der Waals surface area contributed by atoms with Crippen LogP contribution in [0.25, 0.3) is 0 Å². The van der Waals surface area contributed by atoms with Gasteiger partial charge in [0.2, 0.25) is 0 Å². The van der Waals surface area contributed by atoms with Gasteiger partial charge in [0, 0.05) is 31.5 Å². The predicted octanol–water partition coefficient (Wildman–Crippen LogP) is 4.46. The van der Waals surface area contributed by atoms with Crippen LogP contribution in [0.4, 0.5) is 4.39 Å². The number of para-hydroxylation sites is 1. The van der Waals surface area contributed by atoms with E-state index in [1.807, 2.05) is 30.3 Å². The number of benzene rings is 2. The standard InChI is InChI=1S/C21H22FNO2/c22-18-10-8-17(9-11-18)21(24)7-4-14-23-15-12-20(13-16-23)25-19-5-2-1-3-6-19/h1-3,5-6,8-12H,4,7,13-16H2. The molecular weight excluding hydrogens is 317 g/mol. The SMILES string of the molecule is O=C(CCCN1CC=C(Oc2ccccc2)CC1)c1ccc(F)cc1. The molecule has 0 unspecified atom stereocenters. The van der Waals surface area contributed by atoms with Gasteiger partial charge in [-0.15, -0.1) is 0 Å². The van der Waals surface area contributed by atoms with Gasteiger partial charge < -0.3 is 4.74 Å². The molecule has 3 nitrogen and oxygen atoms in total. The van der Waals surface area contributed by atoms with Gasteiger partial charge in [0.1, 0.15) is 17.3 Å². The van der Waals surface area contributed by atoms with Crippen molar-refractivity contribution in [2.45, 2.75) is 19.3 Å². The van der Waals surface area contributed by atoms with Gasteiger partial charge >= 0.3 is 0 Å². The molecule has 0 atom stereocenters. The normalized spacial score (nSPS) is 14.8. The minimum absolute atomic E-state index is 0.0700. The van der Waals surface area contributed by atoms with Gasteiger partial charge in [0.15, 0.2) is 5.78 Å². The van der Waals surface area contributed by atoms with Crippen molar-refractivity contribution in [3.8, 4) is 5.75 Å². The average molecular weight is 339 g/mol. The van der Waals surface area contributed by atoms with Crippen LogP contribution in [0, 0.1) is 5.82 Å². The Hall–Kier alpha value is -2.46. The summed E-state index contributed by atoms with van der Waals surface area (Å²) < 4.78 is 18.7. The molecule has 0 amide bonds. The van der Waals surface area contributed by atoms with Crippen LogP contribution in [0.1, 0.15) is 29.6 Å². The van der Waals surface area contributed by atoms with Crippen molar-refractivity contribution in [2.24, 2.45) is 0 Å². The summed E-state index contributed by atoms with van der Waals surface area (Å²) in [7, 11) is 0. The second-order valence-electron chi connectivity index (χ2n) is 6.17. The summed E-state index contributed by atoms with van der Waals surface area (Å²) in [5.41, 5.74) is 0.582. The third-order valence-corrected chi connectivity index (χ3v) is 4.29. The lowest BCUT2D eigenvalue weighted by Crippen LogP contribution is -2.30. The highest BCUT2D eigenvalue weighted by Crippen LogP contribution is 2.18. The largest absolute Gasteiger partial charge is 0.462 e. The molecule has 0 aliphatic carbocycles. The fourth-order valence-corrected chi connectivity index (χ4v) is 2.87. The van der Waals surface area contributed by atoms with Gasteiger partial charge in [-0.25, -0.2) is 4.39 Å². The summed E-state index contributed by atoms with van der Waals surface area (Å²) in [5, 5.41) is 0. The minimum Gasteiger partial charge on any atom is -0.462 e. The number of Topliss-reactive ketones (excluding diaryl/α,β-unsaturated/α-hetero) is 1. The predicted molar refractivity (Wildman–Crippen MR) is 96.2 cm³/mol. The van der Waals surface area contributed by atoms with E-state index < -0.39 is 0 Å². The first-order valence-corrected chi connectivity index (χ1v) is 8.64. The Labute approximate surface area is 147 Å². The van der Waals surface area contributed by atoms with E-state index in [4.69, 9.17) is 4.74 Å². The molecule has 0 radical (unpaired) electrons. The molecule has 4 heteroatoms. The fourth-order valence-electron chi connectivity index (χ4n) is 2.87. The Kier molecular flexibility index (Phi) is 5.96. The average Bonchev–Trinajstić information content (AvgIpc) is 2.64. The van der Waals surface area contributed by atoms with Crippen LogP contribution >= 0.6 is 0 Å². The molecule has 0 aromatic heterocycles. The van der Waals surface area contributed by atoms with Gasteiger partial charge in [0.05, 0.1) is 0 Å². The smallest absolute Gasteiger partial charge is 0.162 e. The highest BCUT2D eigenvalue weighted by atomic mass is 19.1. The second-order valence-corrected chi connectivity index (χ2v) is 6.17. The van der Waals surface area contributed by atoms with Crippen molar-refractivity contribution in [3.05, 3.63) is 77.8 Å². The van der Waals surface area contributed by atoms with E-state index in [9.17, 15) is 9.18 Å². The molecule has 2 aromatic carbocycles. The van der Waals surface area contributed by atoms with E-state index in [2.05, 4.69) is 11.0 Å². The third-order valence-electron chi connectivity index (χ3n) is 4.29. The first-order valence-electron chi connectivity index (χ1n) is 8.64. The maximum Gasteiger partial charge on any atom is 0.162 e. The Morgan fingerprint density at radius 2 is 1.84 bits per heavy atom. The van der Waals surface area contributed by atoms with E-state index in [0.29, 0.717) is 12.0 Å². The third kappa shape index (κ3) is 5.26. The molecule has 0 spiro atoms. The van der Waals surface area contributed by atoms with Gasteiger partial charge in [-0.05, 0) is 55.4 Å². The molecule has 0 saturated carbocycles. The van der Waals surface area contributed by atoms with Gasteiger partial charge in [-0.2, -0.15) is 0 Å². The zero-order chi connectivity index (χ0) is 17.5. The van der Waals surface area contributed by atoms with Gasteiger partial charge in [0.25, 0.3) is 0 Å². The van der Waals surface area contributed by atoms with Crippen LogP contribution in [0.3, 0.4) is 0 Å². The maximum atomic E-state index is 12.9. The topological polar surface area (TPSA) is 29.5 Å². The molecule has 25 heavy (non-hydrogen) atoms. The van der Waals surface area contributed by atoms with E-state index in [1.165, 1.54) is 12.1 Å². The Balaban J connectivity index is 1.40. The number of rotatable bonds is 7. The molecule has 0 N–H and O–H groups in total. The summed E-state index contributed by atoms with van der Waals surface area (Å²) >= 11 is 0. The first kappa shape index (κ1) is 17.4. The maximum absolute atomic E-state index is 12.9. The number of ether oxygens (including phenoxy) is 1. The molecule has 1 heterocycles. The van der Waals surface area contributed by atoms with E-state index in [-0.39, 0.29) is 11.6 Å². The zero-order valence-corrected chi connectivity index (χ0v) is 14.2. The Bertz CT molecular complexity index is 725. The Morgan fingerprint density at radius 3 is 2.52 bits per heavy atom. The van der Waals surface area contributed by atoms with Crippen LogP contribution in [-0.2, 0) is 0 Å². The molecule has 1 aliphatic heterocycles. The highest BCUT2D eigenvalue weighted by Gasteiger charge is 2.14. The van der Waals surface area contributed by atoms with Gasteiger partial charge in [-0.3, -0.25) is 9.69 Å². The van der Waals surface area contributed by atoms with E-state index in [0.717, 1.165) is 44.0 Å². The van der Waals surface area contributed by atoms with Crippen molar-refractivity contribution in [1.29, 1.82) is 0 Å². The minimum atomic E-state index is -0.315. The summed E-state index contributed by atoms with van der Waals surface area (Å²) in [6.07, 6.45) is 4.28. The van der Waals surface area contributed by atoms with Crippen LogP contribution in [-0.4, -0.2) is 30.3 Å². The van der Waals surface area contributed by atoms with Crippen LogP contribution in [0.15, 0.2) is 66.4 Å². The van der Waals surface area contributed by atoms with Crippen LogP contribution < -0.4 is 4.74 Å². The molecular formula is C21H22FNO2. The van der Waals surface area contributed by atoms with Crippen LogP contribution in [0.5, 0.6) is 5.75 Å². The summed E-state index contributed by atoms with van der Waals surface area (Å²) in [6, 6.07) is 15.6. The van der Waals surface area contributed by atoms with Crippen molar-refractivity contribution in [1.82, 2.24) is 4.90 Å².